The number of aromatic nitrogens is 2. The van der Waals surface area contributed by atoms with E-state index < -0.39 is 10.2 Å². The Morgan fingerprint density at radius 1 is 1.00 bits per heavy atom. The van der Waals surface area contributed by atoms with E-state index in [0.717, 1.165) is 24.1 Å². The Balaban J connectivity index is 1.79. The topological polar surface area (TPSA) is 58.4 Å². The van der Waals surface area contributed by atoms with Gasteiger partial charge in [-0.1, -0.05) is 0 Å². The summed E-state index contributed by atoms with van der Waals surface area (Å²) in [6, 6.07) is 7.51. The lowest BCUT2D eigenvalue weighted by molar-refractivity contribution is 0.275. The minimum Gasteiger partial charge on any atom is -0.348 e. The fourth-order valence-electron chi connectivity index (χ4n) is 3.56. The van der Waals surface area contributed by atoms with Crippen LogP contribution in [0.3, 0.4) is 0 Å². The van der Waals surface area contributed by atoms with E-state index >= 15 is 0 Å². The lowest BCUT2D eigenvalue weighted by Gasteiger charge is -2.38. The van der Waals surface area contributed by atoms with Crippen LogP contribution in [0.4, 0.5) is 0 Å². The van der Waals surface area contributed by atoms with Gasteiger partial charge >= 0.3 is 0 Å². The van der Waals surface area contributed by atoms with Gasteiger partial charge in [0, 0.05) is 50.5 Å². The summed E-state index contributed by atoms with van der Waals surface area (Å²) in [4.78, 5) is 4.06. The molecule has 6 nitrogen and oxygen atoms in total. The molecule has 0 aromatic carbocycles. The highest BCUT2D eigenvalue weighted by atomic mass is 32.2. The molecule has 7 heteroatoms. The van der Waals surface area contributed by atoms with E-state index in [4.69, 9.17) is 0 Å². The first kappa shape index (κ1) is 14.9. The quantitative estimate of drug-likeness (QED) is 0.858. The first-order chi connectivity index (χ1) is 11.2. The predicted molar refractivity (Wildman–Crippen MR) is 86.9 cm³/mol. The maximum absolute atomic E-state index is 13.1. The number of hydrogen-bond acceptors (Lipinski definition) is 3. The zero-order chi connectivity index (χ0) is 15.9. The molecule has 2 aromatic heterocycles. The summed E-state index contributed by atoms with van der Waals surface area (Å²) in [6.07, 6.45) is 7.35. The summed E-state index contributed by atoms with van der Waals surface area (Å²) in [5, 5.41) is 0. The largest absolute Gasteiger partial charge is 0.348 e. The third kappa shape index (κ3) is 2.49. The van der Waals surface area contributed by atoms with E-state index in [2.05, 4.69) is 9.55 Å². The lowest BCUT2D eigenvalue weighted by atomic mass is 10.0. The summed E-state index contributed by atoms with van der Waals surface area (Å²) in [5.41, 5.74) is 1.98. The van der Waals surface area contributed by atoms with E-state index in [-0.39, 0.29) is 6.04 Å². The molecule has 1 saturated heterocycles. The van der Waals surface area contributed by atoms with Crippen LogP contribution in [0.25, 0.3) is 0 Å². The average Bonchev–Trinajstić information content (AvgIpc) is 3.26. The van der Waals surface area contributed by atoms with Gasteiger partial charge in [-0.2, -0.15) is 17.0 Å². The van der Waals surface area contributed by atoms with Crippen molar-refractivity contribution in [3.8, 4) is 0 Å². The number of fused-ring (bicyclic) bond motifs is 1. The second-order valence-electron chi connectivity index (χ2n) is 6.03. The number of hydrogen-bond donors (Lipinski definition) is 0. The van der Waals surface area contributed by atoms with Crippen molar-refractivity contribution >= 4 is 10.2 Å². The molecule has 4 heterocycles. The summed E-state index contributed by atoms with van der Waals surface area (Å²) < 4.78 is 31.7. The molecule has 1 fully saturated rings. The first-order valence-electron chi connectivity index (χ1n) is 8.00. The van der Waals surface area contributed by atoms with Gasteiger partial charge in [0.1, 0.15) is 0 Å². The van der Waals surface area contributed by atoms with Crippen molar-refractivity contribution < 1.29 is 8.42 Å². The first-order valence-corrected chi connectivity index (χ1v) is 9.39. The molecule has 1 atom stereocenters. The Morgan fingerprint density at radius 3 is 2.48 bits per heavy atom. The van der Waals surface area contributed by atoms with Crippen molar-refractivity contribution in [2.45, 2.75) is 25.4 Å². The molecule has 0 saturated carbocycles. The summed E-state index contributed by atoms with van der Waals surface area (Å²) in [7, 11) is -3.45. The summed E-state index contributed by atoms with van der Waals surface area (Å²) >= 11 is 0. The fraction of sp³-hybridized carbons (Fsp3) is 0.438. The standard InChI is InChI=1S/C16H20N4O2S/c21-23(22,19-10-1-2-11-19)20-13-12-18-9-3-4-15(18)16(20)14-5-7-17-8-6-14/h3-9,16H,1-2,10-13H2. The highest BCUT2D eigenvalue weighted by molar-refractivity contribution is 7.86. The maximum atomic E-state index is 13.1. The Labute approximate surface area is 136 Å². The Morgan fingerprint density at radius 2 is 1.74 bits per heavy atom. The van der Waals surface area contributed by atoms with E-state index in [1.807, 2.05) is 30.5 Å². The van der Waals surface area contributed by atoms with Gasteiger partial charge in [-0.05, 0) is 42.7 Å². The molecule has 0 bridgehead atoms. The smallest absolute Gasteiger partial charge is 0.282 e. The molecule has 23 heavy (non-hydrogen) atoms. The van der Waals surface area contributed by atoms with Gasteiger partial charge in [-0.25, -0.2) is 0 Å². The molecule has 4 rings (SSSR count). The van der Waals surface area contributed by atoms with E-state index in [0.29, 0.717) is 26.2 Å². The normalized spacial score (nSPS) is 23.0. The van der Waals surface area contributed by atoms with Crippen molar-refractivity contribution in [2.75, 3.05) is 19.6 Å². The van der Waals surface area contributed by atoms with E-state index in [1.165, 1.54) is 0 Å². The third-order valence-electron chi connectivity index (χ3n) is 4.70. The monoisotopic (exact) mass is 332 g/mol. The van der Waals surface area contributed by atoms with Crippen LogP contribution < -0.4 is 0 Å². The van der Waals surface area contributed by atoms with Gasteiger partial charge in [-0.15, -0.1) is 0 Å². The van der Waals surface area contributed by atoms with Gasteiger partial charge in [0.25, 0.3) is 10.2 Å². The van der Waals surface area contributed by atoms with Crippen LogP contribution in [0.15, 0.2) is 42.9 Å². The molecule has 0 N–H and O–H groups in total. The maximum Gasteiger partial charge on any atom is 0.282 e. The van der Waals surface area contributed by atoms with E-state index in [1.54, 1.807) is 21.0 Å². The number of rotatable bonds is 3. The van der Waals surface area contributed by atoms with Gasteiger partial charge in [0.15, 0.2) is 0 Å². The molecule has 122 valence electrons. The lowest BCUT2D eigenvalue weighted by Crippen LogP contribution is -2.48. The molecule has 0 amide bonds. The average molecular weight is 332 g/mol. The van der Waals surface area contributed by atoms with Crippen molar-refractivity contribution in [3.05, 3.63) is 54.1 Å². The SMILES string of the molecule is O=S(=O)(N1CCCC1)N1CCn2cccc2C1c1ccncc1. The molecule has 0 spiro atoms. The van der Waals surface area contributed by atoms with Crippen LogP contribution in [0.2, 0.25) is 0 Å². The second kappa shape index (κ2) is 5.74. The highest BCUT2D eigenvalue weighted by Gasteiger charge is 2.40. The van der Waals surface area contributed by atoms with Crippen LogP contribution >= 0.6 is 0 Å². The number of pyridine rings is 1. The van der Waals surface area contributed by atoms with Crippen molar-refractivity contribution in [1.82, 2.24) is 18.2 Å². The molecular formula is C16H20N4O2S. The van der Waals surface area contributed by atoms with Gasteiger partial charge in [-0.3, -0.25) is 4.98 Å². The fourth-order valence-corrected chi connectivity index (χ4v) is 5.39. The van der Waals surface area contributed by atoms with Crippen LogP contribution in [0, 0.1) is 0 Å². The van der Waals surface area contributed by atoms with Gasteiger partial charge < -0.3 is 4.57 Å². The van der Waals surface area contributed by atoms with Crippen LogP contribution in [0.5, 0.6) is 0 Å². The van der Waals surface area contributed by atoms with Crippen molar-refractivity contribution in [2.24, 2.45) is 0 Å². The molecule has 2 aromatic rings. The third-order valence-corrected chi connectivity index (χ3v) is 6.71. The van der Waals surface area contributed by atoms with Crippen molar-refractivity contribution in [1.29, 1.82) is 0 Å². The predicted octanol–water partition coefficient (Wildman–Crippen LogP) is 1.63. The molecule has 2 aliphatic rings. The molecule has 2 aliphatic heterocycles. The molecule has 0 radical (unpaired) electrons. The highest BCUT2D eigenvalue weighted by Crippen LogP contribution is 2.35. The minimum absolute atomic E-state index is 0.285. The minimum atomic E-state index is -3.45. The Hall–Kier alpha value is -1.70. The van der Waals surface area contributed by atoms with E-state index in [9.17, 15) is 8.42 Å². The zero-order valence-corrected chi connectivity index (χ0v) is 13.7. The van der Waals surface area contributed by atoms with Crippen LogP contribution in [-0.2, 0) is 16.8 Å². The van der Waals surface area contributed by atoms with Crippen LogP contribution in [0.1, 0.15) is 30.1 Å². The summed E-state index contributed by atoms with van der Waals surface area (Å²) in [5.74, 6) is 0. The molecule has 0 aliphatic carbocycles. The summed E-state index contributed by atoms with van der Waals surface area (Å²) in [6.45, 7) is 2.44. The van der Waals surface area contributed by atoms with Crippen LogP contribution in [-0.4, -0.2) is 46.2 Å². The van der Waals surface area contributed by atoms with Crippen molar-refractivity contribution in [3.63, 3.8) is 0 Å². The zero-order valence-electron chi connectivity index (χ0n) is 12.9. The second-order valence-corrected chi connectivity index (χ2v) is 7.92. The Kier molecular flexibility index (Phi) is 3.71. The molecule has 1 unspecified atom stereocenters. The van der Waals surface area contributed by atoms with Gasteiger partial charge in [0.05, 0.1) is 6.04 Å². The number of nitrogens with zero attached hydrogens (tertiary/aromatic N) is 4. The molecular weight excluding hydrogens is 312 g/mol. The Bertz CT molecular complexity index is 781. The van der Waals surface area contributed by atoms with Gasteiger partial charge in [0.2, 0.25) is 0 Å².